The van der Waals surface area contributed by atoms with Crippen molar-refractivity contribution >= 4 is 32.5 Å². The van der Waals surface area contributed by atoms with E-state index in [0.29, 0.717) is 47.2 Å². The third-order valence-corrected chi connectivity index (χ3v) is 11.1. The number of rotatable bonds is 12. The zero-order valence-electron chi connectivity index (χ0n) is 29.2. The van der Waals surface area contributed by atoms with E-state index in [1.807, 2.05) is 48.5 Å². The van der Waals surface area contributed by atoms with Crippen LogP contribution in [0.15, 0.2) is 114 Å². The summed E-state index contributed by atoms with van der Waals surface area (Å²) in [6.45, 7) is 2.05. The third-order valence-electron chi connectivity index (χ3n) is 9.79. The van der Waals surface area contributed by atoms with Crippen molar-refractivity contribution in [2.24, 2.45) is 0 Å². The van der Waals surface area contributed by atoms with Crippen LogP contribution in [-0.2, 0) is 36.0 Å². The van der Waals surface area contributed by atoms with Gasteiger partial charge in [-0.25, -0.2) is 17.8 Å². The number of unbranched alkanes of at least 4 members (excludes halogenated alkanes) is 1. The number of aliphatic hydroxyl groups excluding tert-OH is 2. The summed E-state index contributed by atoms with van der Waals surface area (Å²) in [5.74, 6) is -1.27. The fraction of sp³-hybridized carbons (Fsp3) is 0.214. The van der Waals surface area contributed by atoms with Crippen LogP contribution in [0.2, 0.25) is 0 Å². The minimum Gasteiger partial charge on any atom is -0.395 e. The number of nitrogens with one attached hydrogen (secondary N) is 2. The van der Waals surface area contributed by atoms with E-state index in [0.717, 1.165) is 40.7 Å². The summed E-state index contributed by atoms with van der Waals surface area (Å²) in [5.41, 5.74) is 5.28. The monoisotopic (exact) mass is 728 g/mol. The molecule has 53 heavy (non-hydrogen) atoms. The second-order valence-electron chi connectivity index (χ2n) is 13.2. The Balaban J connectivity index is 1.37. The second-order valence-corrected chi connectivity index (χ2v) is 14.9. The molecule has 0 bridgehead atoms. The normalized spacial score (nSPS) is 14.2. The van der Waals surface area contributed by atoms with Gasteiger partial charge in [-0.1, -0.05) is 86.1 Å². The Morgan fingerprint density at radius 1 is 0.887 bits per heavy atom. The summed E-state index contributed by atoms with van der Waals surface area (Å²) in [5, 5.41) is 30.3. The maximum Gasteiger partial charge on any atom is 0.265 e. The van der Waals surface area contributed by atoms with Gasteiger partial charge in [0.25, 0.3) is 15.9 Å². The van der Waals surface area contributed by atoms with E-state index in [-0.39, 0.29) is 34.5 Å². The molecule has 0 fully saturated rings. The van der Waals surface area contributed by atoms with Gasteiger partial charge >= 0.3 is 0 Å². The predicted octanol–water partition coefficient (Wildman–Crippen LogP) is 5.88. The number of carbonyl (C=O) groups is 2. The van der Waals surface area contributed by atoms with Crippen LogP contribution in [0.3, 0.4) is 0 Å². The van der Waals surface area contributed by atoms with Gasteiger partial charge in [0.1, 0.15) is 0 Å². The summed E-state index contributed by atoms with van der Waals surface area (Å²) >= 11 is 0. The molecule has 7 rings (SSSR count). The van der Waals surface area contributed by atoms with Gasteiger partial charge in [-0.3, -0.25) is 9.59 Å². The van der Waals surface area contributed by atoms with Crippen molar-refractivity contribution in [2.45, 2.75) is 56.7 Å². The van der Waals surface area contributed by atoms with Crippen molar-refractivity contribution in [1.82, 2.24) is 19.8 Å². The summed E-state index contributed by atoms with van der Waals surface area (Å²) in [6.07, 6.45) is 2.72. The van der Waals surface area contributed by atoms with E-state index in [4.69, 9.17) is 5.10 Å². The molecule has 0 aliphatic carbocycles. The molecule has 4 N–H and O–H groups in total. The number of hydrogen-bond donors (Lipinski definition) is 4. The van der Waals surface area contributed by atoms with Crippen molar-refractivity contribution in [3.8, 4) is 16.8 Å². The molecule has 1 aliphatic heterocycles. The van der Waals surface area contributed by atoms with E-state index in [2.05, 4.69) is 17.0 Å². The zero-order chi connectivity index (χ0) is 37.1. The topological polar surface area (TPSA) is 151 Å². The maximum atomic E-state index is 14.9. The fourth-order valence-electron chi connectivity index (χ4n) is 7.05. The quantitative estimate of drug-likeness (QED) is 0.114. The van der Waals surface area contributed by atoms with Gasteiger partial charge in [0.2, 0.25) is 0 Å². The molecule has 0 spiro atoms. The highest BCUT2D eigenvalue weighted by Crippen LogP contribution is 2.36. The van der Waals surface area contributed by atoms with E-state index in [1.54, 1.807) is 41.1 Å². The third kappa shape index (κ3) is 7.16. The molecular weight excluding hydrogens is 689 g/mol. The summed E-state index contributed by atoms with van der Waals surface area (Å²) in [7, 11) is -4.28. The number of aliphatic hydroxyl groups is 2. The number of carbonyl (C=O) groups excluding carboxylic acids is 2. The first-order valence-corrected chi connectivity index (χ1v) is 19.2. The van der Waals surface area contributed by atoms with Crippen molar-refractivity contribution in [3.05, 3.63) is 148 Å². The molecule has 1 atom stereocenters. The van der Waals surface area contributed by atoms with Gasteiger partial charge in [-0.15, -0.1) is 0 Å². The minimum atomic E-state index is -4.28. The Labute approximate surface area is 308 Å². The Morgan fingerprint density at radius 2 is 1.66 bits per heavy atom. The number of ketones is 1. The number of para-hydroxylation sites is 1. The van der Waals surface area contributed by atoms with Crippen LogP contribution in [0.25, 0.3) is 27.6 Å². The lowest BCUT2D eigenvalue weighted by atomic mass is 9.85. The van der Waals surface area contributed by atoms with Gasteiger partial charge in [0.15, 0.2) is 5.78 Å². The molecule has 5 aromatic carbocycles. The highest BCUT2D eigenvalue weighted by molar-refractivity contribution is 7.90. The Bertz CT molecular complexity index is 2440. The second kappa shape index (κ2) is 15.3. The van der Waals surface area contributed by atoms with Crippen molar-refractivity contribution in [2.75, 3.05) is 6.61 Å². The molecule has 1 aliphatic rings. The SMILES string of the molecule is CCCCc1c(-c2ccc(C(=O)NS(=O)(=O)c3ccc4ccccc4c3)cc2C(=O)c2cccc3c2CC(CO)NC3)c(CO)nn1-c1ccccc1. The fourth-order valence-corrected chi connectivity index (χ4v) is 8.06. The molecule has 0 saturated carbocycles. The van der Waals surface area contributed by atoms with E-state index >= 15 is 0 Å². The number of fused-ring (bicyclic) bond motifs is 2. The number of aromatic nitrogens is 2. The Hall–Kier alpha value is -5.46. The molecule has 1 unspecified atom stereocenters. The molecule has 11 heteroatoms. The standard InChI is InChI=1S/C42H40N4O6S/c1-2-3-16-39-40(38(26-48)44-46(39)32-13-5-4-6-14-32)34-20-18-29(42(50)45-53(51,52)33-19-17-27-10-7-8-11-28(27)21-33)22-37(34)41(49)35-15-9-12-30-24-43-31(25-47)23-36(30)35/h4-15,17-22,31,43,47-48H,2-3,16,23-26H2,1H3,(H,45,50). The summed E-state index contributed by atoms with van der Waals surface area (Å²) < 4.78 is 31.0. The van der Waals surface area contributed by atoms with Gasteiger partial charge < -0.3 is 15.5 Å². The van der Waals surface area contributed by atoms with Crippen LogP contribution in [0.4, 0.5) is 0 Å². The first-order valence-electron chi connectivity index (χ1n) is 17.7. The van der Waals surface area contributed by atoms with Gasteiger partial charge in [-0.05, 0) is 83.1 Å². The number of nitrogens with zero attached hydrogens (tertiary/aromatic N) is 2. The van der Waals surface area contributed by atoms with Crippen LogP contribution < -0.4 is 10.0 Å². The number of sulfonamides is 1. The van der Waals surface area contributed by atoms with E-state index < -0.39 is 22.5 Å². The number of amides is 1. The molecule has 1 aromatic heterocycles. The minimum absolute atomic E-state index is 0.0303. The van der Waals surface area contributed by atoms with Crippen LogP contribution in [-0.4, -0.2) is 52.8 Å². The van der Waals surface area contributed by atoms with E-state index in [9.17, 15) is 28.2 Å². The molecule has 6 aromatic rings. The number of hydrogen-bond acceptors (Lipinski definition) is 8. The van der Waals surface area contributed by atoms with Gasteiger partial charge in [0.05, 0.1) is 35.2 Å². The summed E-state index contributed by atoms with van der Waals surface area (Å²) in [4.78, 5) is 28.6. The molecule has 10 nitrogen and oxygen atoms in total. The Kier molecular flexibility index (Phi) is 10.3. The Morgan fingerprint density at radius 3 is 2.42 bits per heavy atom. The molecule has 270 valence electrons. The highest BCUT2D eigenvalue weighted by atomic mass is 32.2. The lowest BCUT2D eigenvalue weighted by Crippen LogP contribution is -2.39. The number of benzene rings is 5. The van der Waals surface area contributed by atoms with Crippen LogP contribution in [0, 0.1) is 0 Å². The maximum absolute atomic E-state index is 14.9. The predicted molar refractivity (Wildman–Crippen MR) is 203 cm³/mol. The van der Waals surface area contributed by atoms with Crippen LogP contribution >= 0.6 is 0 Å². The highest BCUT2D eigenvalue weighted by Gasteiger charge is 2.29. The first kappa shape index (κ1) is 35.9. The molecular formula is C42H40N4O6S. The lowest BCUT2D eigenvalue weighted by molar-refractivity contribution is 0.0981. The van der Waals surface area contributed by atoms with Crippen molar-refractivity contribution in [1.29, 1.82) is 0 Å². The first-order chi connectivity index (χ1) is 25.7. The van der Waals surface area contributed by atoms with E-state index in [1.165, 1.54) is 24.3 Å². The molecule has 2 heterocycles. The van der Waals surface area contributed by atoms with Crippen molar-refractivity contribution in [3.63, 3.8) is 0 Å². The van der Waals surface area contributed by atoms with Gasteiger partial charge in [0, 0.05) is 34.8 Å². The molecule has 1 amide bonds. The molecule has 0 radical (unpaired) electrons. The average molecular weight is 729 g/mol. The van der Waals surface area contributed by atoms with Crippen molar-refractivity contribution < 1.29 is 28.2 Å². The smallest absolute Gasteiger partial charge is 0.265 e. The van der Waals surface area contributed by atoms with Gasteiger partial charge in [-0.2, -0.15) is 5.10 Å². The summed E-state index contributed by atoms with van der Waals surface area (Å²) in [6, 6.07) is 31.3. The lowest BCUT2D eigenvalue weighted by Gasteiger charge is -2.26. The average Bonchev–Trinajstić information content (AvgIpc) is 3.57. The molecule has 0 saturated heterocycles. The van der Waals surface area contributed by atoms with Crippen LogP contribution in [0.5, 0.6) is 0 Å². The zero-order valence-corrected chi connectivity index (χ0v) is 30.1. The largest absolute Gasteiger partial charge is 0.395 e. The van der Waals surface area contributed by atoms with Crippen LogP contribution in [0.1, 0.15) is 68.6 Å².